The van der Waals surface area contributed by atoms with E-state index < -0.39 is 0 Å². The molecule has 1 fully saturated rings. The minimum Gasteiger partial charge on any atom is -0.312 e. The van der Waals surface area contributed by atoms with Crippen LogP contribution in [0.15, 0.2) is 0 Å². The zero-order valence-corrected chi connectivity index (χ0v) is 15.7. The average Bonchev–Trinajstić information content (AvgIpc) is 2.44. The summed E-state index contributed by atoms with van der Waals surface area (Å²) in [6.45, 7) is 16.6. The second-order valence-corrected chi connectivity index (χ2v) is 8.31. The van der Waals surface area contributed by atoms with Crippen LogP contribution >= 0.6 is 0 Å². The molecule has 126 valence electrons. The molecule has 2 heteroatoms. The maximum Gasteiger partial charge on any atom is 0.0249 e. The molecule has 0 amide bonds. The Bertz CT molecular complexity index is 285. The van der Waals surface area contributed by atoms with E-state index in [9.17, 15) is 0 Å². The van der Waals surface area contributed by atoms with Crippen LogP contribution in [0.25, 0.3) is 0 Å². The van der Waals surface area contributed by atoms with Gasteiger partial charge in [-0.3, -0.25) is 0 Å². The fourth-order valence-corrected chi connectivity index (χ4v) is 3.91. The summed E-state index contributed by atoms with van der Waals surface area (Å²) in [5, 5.41) is 3.82. The van der Waals surface area contributed by atoms with Crippen molar-refractivity contribution in [3.05, 3.63) is 0 Å². The number of rotatable bonds is 8. The molecule has 0 bridgehead atoms. The van der Waals surface area contributed by atoms with E-state index in [1.54, 1.807) is 0 Å². The Hall–Kier alpha value is -0.0800. The summed E-state index contributed by atoms with van der Waals surface area (Å²) < 4.78 is 0. The van der Waals surface area contributed by atoms with Gasteiger partial charge < -0.3 is 10.2 Å². The van der Waals surface area contributed by atoms with Crippen LogP contribution in [-0.4, -0.2) is 37.1 Å². The van der Waals surface area contributed by atoms with Gasteiger partial charge in [0.1, 0.15) is 0 Å². The van der Waals surface area contributed by atoms with Gasteiger partial charge in [-0.15, -0.1) is 0 Å². The molecule has 1 N–H and O–H groups in total. The summed E-state index contributed by atoms with van der Waals surface area (Å²) in [7, 11) is 2.34. The first kappa shape index (κ1) is 19.0. The highest BCUT2D eigenvalue weighted by Crippen LogP contribution is 2.41. The third kappa shape index (κ3) is 5.56. The molecule has 0 aromatic carbocycles. The van der Waals surface area contributed by atoms with Crippen molar-refractivity contribution in [2.45, 2.75) is 85.7 Å². The lowest BCUT2D eigenvalue weighted by molar-refractivity contribution is 0.0575. The smallest absolute Gasteiger partial charge is 0.0249 e. The second kappa shape index (κ2) is 8.53. The molecule has 2 nitrogen and oxygen atoms in total. The predicted octanol–water partition coefficient (Wildman–Crippen LogP) is 4.55. The second-order valence-electron chi connectivity index (χ2n) is 8.31. The topological polar surface area (TPSA) is 15.3 Å². The molecule has 1 saturated carbocycles. The molecule has 0 heterocycles. The van der Waals surface area contributed by atoms with Crippen LogP contribution in [0.1, 0.15) is 73.6 Å². The average molecular weight is 297 g/mol. The summed E-state index contributed by atoms with van der Waals surface area (Å²) in [5.74, 6) is 1.63. The Labute approximate surface area is 134 Å². The number of nitrogens with one attached hydrogen (secondary N) is 1. The first-order chi connectivity index (χ1) is 9.81. The normalized spacial score (nSPS) is 27.6. The van der Waals surface area contributed by atoms with E-state index in [1.807, 2.05) is 0 Å². The SMILES string of the molecule is CCCNC1CCC(C(C)(C)CC)CC1N(C)CC(C)C. The molecule has 0 aromatic heterocycles. The van der Waals surface area contributed by atoms with Crippen LogP contribution in [0.4, 0.5) is 0 Å². The summed E-state index contributed by atoms with van der Waals surface area (Å²) in [6.07, 6.45) is 6.65. The summed E-state index contributed by atoms with van der Waals surface area (Å²) in [4.78, 5) is 2.63. The van der Waals surface area contributed by atoms with Gasteiger partial charge >= 0.3 is 0 Å². The Kier molecular flexibility index (Phi) is 7.70. The molecule has 0 saturated heterocycles. The molecule has 3 atom stereocenters. The van der Waals surface area contributed by atoms with Crippen molar-refractivity contribution < 1.29 is 0 Å². The van der Waals surface area contributed by atoms with Crippen LogP contribution in [0, 0.1) is 17.3 Å². The number of hydrogen-bond acceptors (Lipinski definition) is 2. The van der Waals surface area contributed by atoms with Crippen molar-refractivity contribution in [1.29, 1.82) is 0 Å². The van der Waals surface area contributed by atoms with Crippen molar-refractivity contribution in [2.75, 3.05) is 20.1 Å². The maximum absolute atomic E-state index is 3.82. The first-order valence-corrected chi connectivity index (χ1v) is 9.25. The minimum absolute atomic E-state index is 0.493. The van der Waals surface area contributed by atoms with Gasteiger partial charge in [0.2, 0.25) is 0 Å². The van der Waals surface area contributed by atoms with Crippen LogP contribution in [0.5, 0.6) is 0 Å². The maximum atomic E-state index is 3.82. The third-order valence-electron chi connectivity index (χ3n) is 5.71. The molecule has 1 aliphatic rings. The van der Waals surface area contributed by atoms with Gasteiger partial charge in [-0.2, -0.15) is 0 Å². The van der Waals surface area contributed by atoms with Gasteiger partial charge in [-0.1, -0.05) is 48.0 Å². The Morgan fingerprint density at radius 2 is 1.86 bits per heavy atom. The van der Waals surface area contributed by atoms with E-state index in [2.05, 4.69) is 58.8 Å². The van der Waals surface area contributed by atoms with Crippen molar-refractivity contribution in [3.63, 3.8) is 0 Å². The van der Waals surface area contributed by atoms with Gasteiger partial charge in [-0.05, 0) is 56.5 Å². The molecule has 0 radical (unpaired) electrons. The third-order valence-corrected chi connectivity index (χ3v) is 5.71. The zero-order chi connectivity index (χ0) is 16.0. The number of nitrogens with zero attached hydrogens (tertiary/aromatic N) is 1. The molecule has 0 aromatic rings. The van der Waals surface area contributed by atoms with Crippen LogP contribution in [0.3, 0.4) is 0 Å². The zero-order valence-electron chi connectivity index (χ0n) is 15.7. The van der Waals surface area contributed by atoms with Crippen LogP contribution in [-0.2, 0) is 0 Å². The molecular weight excluding hydrogens is 256 g/mol. The highest BCUT2D eigenvalue weighted by Gasteiger charge is 2.38. The largest absolute Gasteiger partial charge is 0.312 e. The van der Waals surface area contributed by atoms with E-state index >= 15 is 0 Å². The van der Waals surface area contributed by atoms with E-state index in [-0.39, 0.29) is 0 Å². The van der Waals surface area contributed by atoms with Crippen LogP contribution in [0.2, 0.25) is 0 Å². The molecule has 1 aliphatic carbocycles. The summed E-state index contributed by atoms with van der Waals surface area (Å²) >= 11 is 0. The highest BCUT2D eigenvalue weighted by molar-refractivity contribution is 4.94. The van der Waals surface area contributed by atoms with E-state index in [0.29, 0.717) is 17.5 Å². The summed E-state index contributed by atoms with van der Waals surface area (Å²) in [5.41, 5.74) is 0.493. The fraction of sp³-hybridized carbons (Fsp3) is 1.00. The Morgan fingerprint density at radius 3 is 2.38 bits per heavy atom. The van der Waals surface area contributed by atoms with Crippen molar-refractivity contribution >= 4 is 0 Å². The Balaban J connectivity index is 2.75. The molecule has 0 aliphatic heterocycles. The summed E-state index contributed by atoms with van der Waals surface area (Å²) in [6, 6.07) is 1.40. The molecule has 0 spiro atoms. The molecule has 21 heavy (non-hydrogen) atoms. The lowest BCUT2D eigenvalue weighted by Crippen LogP contribution is -2.54. The van der Waals surface area contributed by atoms with Crippen molar-refractivity contribution in [3.8, 4) is 0 Å². The highest BCUT2D eigenvalue weighted by atomic mass is 15.2. The first-order valence-electron chi connectivity index (χ1n) is 9.25. The molecule has 1 rings (SSSR count). The fourth-order valence-electron chi connectivity index (χ4n) is 3.91. The number of hydrogen-bond donors (Lipinski definition) is 1. The van der Waals surface area contributed by atoms with Crippen molar-refractivity contribution in [2.24, 2.45) is 17.3 Å². The predicted molar refractivity (Wildman–Crippen MR) is 94.8 cm³/mol. The van der Waals surface area contributed by atoms with Crippen molar-refractivity contribution in [1.82, 2.24) is 10.2 Å². The quantitative estimate of drug-likeness (QED) is 0.707. The van der Waals surface area contributed by atoms with Gasteiger partial charge in [0, 0.05) is 18.6 Å². The van der Waals surface area contributed by atoms with Crippen LogP contribution < -0.4 is 5.32 Å². The van der Waals surface area contributed by atoms with Gasteiger partial charge in [0.25, 0.3) is 0 Å². The van der Waals surface area contributed by atoms with Gasteiger partial charge in [0.15, 0.2) is 0 Å². The van der Waals surface area contributed by atoms with Gasteiger partial charge in [-0.25, -0.2) is 0 Å². The molecule has 3 unspecified atom stereocenters. The monoisotopic (exact) mass is 296 g/mol. The van der Waals surface area contributed by atoms with E-state index in [1.165, 1.54) is 45.2 Å². The van der Waals surface area contributed by atoms with Gasteiger partial charge in [0.05, 0.1) is 0 Å². The molecular formula is C19H40N2. The van der Waals surface area contributed by atoms with E-state index in [4.69, 9.17) is 0 Å². The standard InChI is InChI=1S/C19H40N2/c1-8-12-20-17-11-10-16(19(5,6)9-2)13-18(17)21(7)14-15(3)4/h15-18,20H,8-14H2,1-7H3. The Morgan fingerprint density at radius 1 is 1.19 bits per heavy atom. The number of likely N-dealkylation sites (N-methyl/N-ethyl adjacent to an activating group) is 1. The van der Waals surface area contributed by atoms with E-state index in [0.717, 1.165) is 11.8 Å². The lowest BCUT2D eigenvalue weighted by atomic mass is 9.67. The minimum atomic E-state index is 0.493. The lowest BCUT2D eigenvalue weighted by Gasteiger charge is -2.46.